The molecule has 0 radical (unpaired) electrons. The third kappa shape index (κ3) is 3.08. The predicted octanol–water partition coefficient (Wildman–Crippen LogP) is 3.12. The number of hydrogen-bond donors (Lipinski definition) is 0. The van der Waals surface area contributed by atoms with Gasteiger partial charge in [-0.25, -0.2) is 0 Å². The van der Waals surface area contributed by atoms with Gasteiger partial charge in [0.1, 0.15) is 0 Å². The maximum atomic E-state index is 4.77. The van der Waals surface area contributed by atoms with Gasteiger partial charge in [-0.3, -0.25) is 0 Å². The van der Waals surface area contributed by atoms with Crippen LogP contribution in [0.4, 0.5) is 0 Å². The summed E-state index contributed by atoms with van der Waals surface area (Å²) in [6.45, 7) is 0. The summed E-state index contributed by atoms with van der Waals surface area (Å²) < 4.78 is 3.90. The van der Waals surface area contributed by atoms with Crippen molar-refractivity contribution in [3.63, 3.8) is 0 Å². The van der Waals surface area contributed by atoms with Crippen molar-refractivity contribution in [3.8, 4) is 17.1 Å². The second-order valence-corrected chi connectivity index (χ2v) is 5.97. The van der Waals surface area contributed by atoms with Crippen LogP contribution in [0.2, 0.25) is 0 Å². The lowest BCUT2D eigenvalue weighted by atomic mass is 10.1. The zero-order valence-electron chi connectivity index (χ0n) is 13.5. The Kier molecular flexibility index (Phi) is 4.11. The van der Waals surface area contributed by atoms with Crippen molar-refractivity contribution in [1.82, 2.24) is 10.2 Å². The summed E-state index contributed by atoms with van der Waals surface area (Å²) >= 11 is 0. The quantitative estimate of drug-likeness (QED) is 0.696. The Morgan fingerprint density at radius 2 is 1.46 bits per heavy atom. The summed E-state index contributed by atoms with van der Waals surface area (Å²) in [4.78, 5) is 0. The molecule has 0 fully saturated rings. The molecule has 0 unspecified atom stereocenters. The van der Waals surface area contributed by atoms with E-state index in [2.05, 4.69) is 18.2 Å². The van der Waals surface area contributed by atoms with Crippen molar-refractivity contribution in [2.45, 2.75) is 25.7 Å². The van der Waals surface area contributed by atoms with Gasteiger partial charge in [-0.2, -0.15) is 0 Å². The van der Waals surface area contributed by atoms with Crippen LogP contribution in [0.15, 0.2) is 73.1 Å². The highest BCUT2D eigenvalue weighted by molar-refractivity contribution is 5.52. The number of allylic oxidation sites excluding steroid dienone is 2. The van der Waals surface area contributed by atoms with E-state index in [4.69, 9.17) is 10.2 Å². The van der Waals surface area contributed by atoms with Crippen LogP contribution in [0.5, 0.6) is 0 Å². The number of hydrogen-bond acceptors (Lipinski definition) is 2. The predicted molar refractivity (Wildman–Crippen MR) is 91.9 cm³/mol. The first kappa shape index (κ1) is 14.7. The summed E-state index contributed by atoms with van der Waals surface area (Å²) in [5.41, 5.74) is 3.31. The van der Waals surface area contributed by atoms with Gasteiger partial charge < -0.3 is 0 Å². The third-order valence-electron chi connectivity index (χ3n) is 4.24. The minimum absolute atomic E-state index is 0.730. The van der Waals surface area contributed by atoms with E-state index in [-0.39, 0.29) is 0 Å². The molecular weight excluding hydrogens is 296 g/mol. The van der Waals surface area contributed by atoms with E-state index in [1.807, 2.05) is 64.2 Å². The molecule has 4 heteroatoms. The summed E-state index contributed by atoms with van der Waals surface area (Å²) in [7, 11) is 0. The molecule has 0 aliphatic heterocycles. The minimum atomic E-state index is 0.730. The van der Waals surface area contributed by atoms with Crippen LogP contribution in [0, 0.1) is 0 Å². The second-order valence-electron chi connectivity index (χ2n) is 5.97. The van der Waals surface area contributed by atoms with Gasteiger partial charge in [0.05, 0.1) is 0 Å². The second kappa shape index (κ2) is 6.71. The first-order chi connectivity index (χ1) is 11.9. The zero-order chi connectivity index (χ0) is 16.2. The molecule has 4 nitrogen and oxygen atoms in total. The lowest BCUT2D eigenvalue weighted by molar-refractivity contribution is -0.791. The SMILES string of the molecule is C1=C([n+]2c[n+](-c3ccccc3)nc(-c3ccccc3)n2)CCCC1. The smallest absolute Gasteiger partial charge is 0.0622 e. The van der Waals surface area contributed by atoms with E-state index >= 15 is 0 Å². The highest BCUT2D eigenvalue weighted by Gasteiger charge is 2.25. The summed E-state index contributed by atoms with van der Waals surface area (Å²) in [5, 5.41) is 9.50. The summed E-state index contributed by atoms with van der Waals surface area (Å²) in [5.74, 6) is 0.730. The van der Waals surface area contributed by atoms with Crippen LogP contribution >= 0.6 is 0 Å². The largest absolute Gasteiger partial charge is 0.469 e. The Hall–Kier alpha value is -2.88. The maximum absolute atomic E-state index is 4.77. The molecule has 4 rings (SSSR count). The number of aromatic nitrogens is 4. The van der Waals surface area contributed by atoms with Gasteiger partial charge in [0.25, 0.3) is 5.82 Å². The molecule has 1 aromatic heterocycles. The van der Waals surface area contributed by atoms with Crippen LogP contribution in [-0.4, -0.2) is 10.2 Å². The summed E-state index contributed by atoms with van der Waals surface area (Å²) in [6, 6.07) is 20.3. The lowest BCUT2D eigenvalue weighted by Crippen LogP contribution is -2.50. The zero-order valence-corrected chi connectivity index (χ0v) is 13.5. The average molecular weight is 316 g/mol. The third-order valence-corrected chi connectivity index (χ3v) is 4.24. The van der Waals surface area contributed by atoms with Crippen molar-refractivity contribution in [1.29, 1.82) is 0 Å². The molecular formula is C20H20N4+2. The van der Waals surface area contributed by atoms with Gasteiger partial charge in [0.2, 0.25) is 11.4 Å². The van der Waals surface area contributed by atoms with Gasteiger partial charge in [-0.1, -0.05) is 48.5 Å². The molecule has 0 atom stereocenters. The molecule has 3 aromatic rings. The number of nitrogens with zero attached hydrogens (tertiary/aromatic N) is 4. The van der Waals surface area contributed by atoms with Crippen molar-refractivity contribution >= 4 is 5.70 Å². The Bertz CT molecular complexity index is 800. The molecule has 0 bridgehead atoms. The normalized spacial score (nSPS) is 14.2. The minimum Gasteiger partial charge on any atom is -0.0622 e. The monoisotopic (exact) mass is 316 g/mol. The van der Waals surface area contributed by atoms with Crippen molar-refractivity contribution in [3.05, 3.63) is 73.1 Å². The van der Waals surface area contributed by atoms with Crippen LogP contribution in [0.1, 0.15) is 25.7 Å². The molecule has 0 saturated heterocycles. The van der Waals surface area contributed by atoms with Crippen LogP contribution < -0.4 is 9.36 Å². The van der Waals surface area contributed by atoms with E-state index in [0.717, 1.165) is 29.9 Å². The van der Waals surface area contributed by atoms with Crippen molar-refractivity contribution in [2.24, 2.45) is 0 Å². The fraction of sp³-hybridized carbons (Fsp3) is 0.200. The van der Waals surface area contributed by atoms with Crippen LogP contribution in [0.25, 0.3) is 22.8 Å². The highest BCUT2D eigenvalue weighted by atomic mass is 15.4. The van der Waals surface area contributed by atoms with Gasteiger partial charge >= 0.3 is 6.33 Å². The molecule has 118 valence electrons. The molecule has 1 aliphatic rings. The van der Waals surface area contributed by atoms with Gasteiger partial charge in [0.15, 0.2) is 0 Å². The van der Waals surface area contributed by atoms with E-state index in [9.17, 15) is 0 Å². The highest BCUT2D eigenvalue weighted by Crippen LogP contribution is 2.17. The van der Waals surface area contributed by atoms with Crippen molar-refractivity contribution < 1.29 is 9.36 Å². The van der Waals surface area contributed by atoms with Gasteiger partial charge in [0, 0.05) is 43.7 Å². The van der Waals surface area contributed by atoms with Crippen LogP contribution in [-0.2, 0) is 0 Å². The van der Waals surface area contributed by atoms with E-state index in [1.165, 1.54) is 18.5 Å². The molecule has 24 heavy (non-hydrogen) atoms. The van der Waals surface area contributed by atoms with Gasteiger partial charge in [-0.15, -0.1) is 0 Å². The fourth-order valence-electron chi connectivity index (χ4n) is 2.95. The van der Waals surface area contributed by atoms with E-state index < -0.39 is 0 Å². The first-order valence-electron chi connectivity index (χ1n) is 8.43. The molecule has 1 heterocycles. The molecule has 0 N–H and O–H groups in total. The molecule has 2 aromatic carbocycles. The molecule has 0 spiro atoms. The standard InChI is InChI=1S/C20H20N4/c1-4-10-17(11-5-1)20-21-23(18-12-6-2-7-13-18)16-24(22-20)19-14-8-3-9-15-19/h1-2,4-7,10-14,16H,3,8-9,15H2/q+2. The molecule has 1 aliphatic carbocycles. The van der Waals surface area contributed by atoms with Crippen molar-refractivity contribution in [2.75, 3.05) is 0 Å². The average Bonchev–Trinajstić information content (AvgIpc) is 2.70. The Labute approximate surface area is 141 Å². The van der Waals surface area contributed by atoms with E-state index in [0.29, 0.717) is 0 Å². The Balaban J connectivity index is 1.86. The van der Waals surface area contributed by atoms with Crippen LogP contribution in [0.3, 0.4) is 0 Å². The Morgan fingerprint density at radius 3 is 2.17 bits per heavy atom. The molecule has 0 saturated carbocycles. The summed E-state index contributed by atoms with van der Waals surface area (Å²) in [6.07, 6.45) is 8.93. The fourth-order valence-corrected chi connectivity index (χ4v) is 2.95. The number of para-hydroxylation sites is 1. The van der Waals surface area contributed by atoms with E-state index in [1.54, 1.807) is 0 Å². The first-order valence-corrected chi connectivity index (χ1v) is 8.43. The molecule has 0 amide bonds. The number of rotatable bonds is 3. The lowest BCUT2D eigenvalue weighted by Gasteiger charge is -2.05. The maximum Gasteiger partial charge on any atom is 0.469 e. The number of benzene rings is 2. The topological polar surface area (TPSA) is 33.5 Å². The Morgan fingerprint density at radius 1 is 0.750 bits per heavy atom. The van der Waals surface area contributed by atoms with Gasteiger partial charge in [-0.05, 0) is 25.3 Å².